The molecule has 0 aliphatic heterocycles. The van der Waals surface area contributed by atoms with Crippen molar-refractivity contribution in [3.63, 3.8) is 0 Å². The van der Waals surface area contributed by atoms with Crippen LogP contribution in [0.15, 0.2) is 6.07 Å². The van der Waals surface area contributed by atoms with Gasteiger partial charge >= 0.3 is 0 Å². The van der Waals surface area contributed by atoms with Crippen LogP contribution in [0, 0.1) is 0 Å². The molecule has 5 nitrogen and oxygen atoms in total. The Kier molecular flexibility index (Phi) is 5.65. The normalized spacial score (nSPS) is 11.4. The van der Waals surface area contributed by atoms with Crippen molar-refractivity contribution in [3.8, 4) is 5.88 Å². The summed E-state index contributed by atoms with van der Waals surface area (Å²) < 4.78 is 6.62. The molecule has 7 heteroatoms. The van der Waals surface area contributed by atoms with Crippen LogP contribution < -0.4 is 10.1 Å². The minimum atomic E-state index is -0.304. The quantitative estimate of drug-likeness (QED) is 0.766. The number of hydrogen-bond acceptors (Lipinski definition) is 3. The maximum Gasteiger partial charge on any atom is 0.272 e. The number of ether oxygens (including phenoxy) is 1. The highest BCUT2D eigenvalue weighted by atomic mass is 79.9. The second-order valence-electron chi connectivity index (χ2n) is 4.05. The Morgan fingerprint density at radius 1 is 1.56 bits per heavy atom. The number of amides is 1. The van der Waals surface area contributed by atoms with Crippen LogP contribution in [0.2, 0.25) is 0 Å². The Morgan fingerprint density at radius 2 is 2.17 bits per heavy atom. The molecule has 1 heterocycles. The molecule has 0 aliphatic rings. The maximum atomic E-state index is 12.1. The molecule has 102 valence electrons. The topological polar surface area (TPSA) is 56.1 Å². The second-order valence-corrected chi connectivity index (χ2v) is 5.17. The molecule has 0 saturated carbocycles. The Bertz CT molecular complexity index is 408. The number of nitrogens with zero attached hydrogens (tertiary/aromatic N) is 2. The number of aromatic nitrogens is 2. The van der Waals surface area contributed by atoms with E-state index < -0.39 is 0 Å². The van der Waals surface area contributed by atoms with Gasteiger partial charge in [0.25, 0.3) is 5.91 Å². The van der Waals surface area contributed by atoms with E-state index in [1.54, 1.807) is 20.2 Å². The average molecular weight is 383 g/mol. The van der Waals surface area contributed by atoms with Gasteiger partial charge in [0.2, 0.25) is 5.88 Å². The molecule has 1 aromatic rings. The van der Waals surface area contributed by atoms with E-state index in [1.165, 1.54) is 4.68 Å². The highest BCUT2D eigenvalue weighted by Gasteiger charge is 2.29. The lowest BCUT2D eigenvalue weighted by molar-refractivity contribution is 0.0909. The van der Waals surface area contributed by atoms with E-state index in [2.05, 4.69) is 42.3 Å². The van der Waals surface area contributed by atoms with Crippen molar-refractivity contribution in [1.82, 2.24) is 15.1 Å². The fraction of sp³-hybridized carbons (Fsp3) is 0.636. The van der Waals surface area contributed by atoms with Crippen LogP contribution in [0.5, 0.6) is 5.88 Å². The van der Waals surface area contributed by atoms with E-state index in [-0.39, 0.29) is 11.4 Å². The summed E-state index contributed by atoms with van der Waals surface area (Å²) in [6.07, 6.45) is 0.819. The van der Waals surface area contributed by atoms with Gasteiger partial charge in [-0.2, -0.15) is 5.10 Å². The number of aryl methyl sites for hydroxylation is 1. The van der Waals surface area contributed by atoms with Crippen LogP contribution in [-0.2, 0) is 7.05 Å². The zero-order chi connectivity index (χ0) is 13.8. The Hall–Kier alpha value is -0.560. The first-order valence-corrected chi connectivity index (χ1v) is 7.78. The number of nitrogens with one attached hydrogen (secondary N) is 1. The van der Waals surface area contributed by atoms with Crippen LogP contribution >= 0.6 is 31.9 Å². The Labute approximate surface area is 124 Å². The van der Waals surface area contributed by atoms with Gasteiger partial charge in [-0.05, 0) is 6.42 Å². The summed E-state index contributed by atoms with van der Waals surface area (Å²) in [7, 11) is 3.28. The fourth-order valence-corrected chi connectivity index (χ4v) is 3.44. The third-order valence-electron chi connectivity index (χ3n) is 2.85. The third kappa shape index (κ3) is 3.26. The van der Waals surface area contributed by atoms with Crippen molar-refractivity contribution >= 4 is 37.8 Å². The summed E-state index contributed by atoms with van der Waals surface area (Å²) in [6, 6.07) is 1.62. The molecular weight excluding hydrogens is 366 g/mol. The number of carbonyl (C=O) groups is 1. The van der Waals surface area contributed by atoms with Crippen molar-refractivity contribution in [2.45, 2.75) is 18.9 Å². The Balaban J connectivity index is 2.87. The maximum absolute atomic E-state index is 12.1. The van der Waals surface area contributed by atoms with E-state index >= 15 is 0 Å². The molecule has 0 radical (unpaired) electrons. The highest BCUT2D eigenvalue weighted by Crippen LogP contribution is 2.18. The summed E-state index contributed by atoms with van der Waals surface area (Å²) in [5.74, 6) is 0.356. The van der Waals surface area contributed by atoms with Crippen molar-refractivity contribution in [2.24, 2.45) is 7.05 Å². The van der Waals surface area contributed by atoms with Gasteiger partial charge in [-0.15, -0.1) is 0 Å². The molecule has 0 spiro atoms. The van der Waals surface area contributed by atoms with E-state index in [4.69, 9.17) is 4.74 Å². The number of hydrogen-bond donors (Lipinski definition) is 1. The molecule has 1 aromatic heterocycles. The van der Waals surface area contributed by atoms with Crippen LogP contribution in [0.4, 0.5) is 0 Å². The van der Waals surface area contributed by atoms with Crippen molar-refractivity contribution in [2.75, 3.05) is 17.8 Å². The predicted molar refractivity (Wildman–Crippen MR) is 77.8 cm³/mol. The number of alkyl halides is 2. The van der Waals surface area contributed by atoms with E-state index in [0.29, 0.717) is 22.2 Å². The zero-order valence-electron chi connectivity index (χ0n) is 10.7. The smallest absolute Gasteiger partial charge is 0.272 e. The van der Waals surface area contributed by atoms with E-state index in [9.17, 15) is 4.79 Å². The van der Waals surface area contributed by atoms with Crippen molar-refractivity contribution in [1.29, 1.82) is 0 Å². The first-order chi connectivity index (χ1) is 8.51. The standard InChI is InChI=1S/C11H17Br2N3O2/c1-4-11(6-12,7-13)14-10(17)8-5-9(18-3)16(2)15-8/h5H,4,6-7H2,1-3H3,(H,14,17). The molecule has 0 atom stereocenters. The predicted octanol–water partition coefficient (Wildman–Crippen LogP) is 2.10. The van der Waals surface area contributed by atoms with Crippen molar-refractivity contribution < 1.29 is 9.53 Å². The van der Waals surface area contributed by atoms with Gasteiger partial charge in [-0.3, -0.25) is 4.79 Å². The van der Waals surface area contributed by atoms with E-state index in [1.807, 2.05) is 6.92 Å². The molecule has 0 unspecified atom stereocenters. The van der Waals surface area contributed by atoms with Gasteiger partial charge in [0.05, 0.1) is 12.6 Å². The second kappa shape index (κ2) is 6.56. The monoisotopic (exact) mass is 381 g/mol. The van der Waals surface area contributed by atoms with Gasteiger partial charge < -0.3 is 10.1 Å². The molecule has 1 amide bonds. The summed E-state index contributed by atoms with van der Waals surface area (Å²) in [5.41, 5.74) is 0.0519. The van der Waals surface area contributed by atoms with Crippen molar-refractivity contribution in [3.05, 3.63) is 11.8 Å². The van der Waals surface area contributed by atoms with Gasteiger partial charge in [0, 0.05) is 23.8 Å². The average Bonchev–Trinajstić information content (AvgIpc) is 2.77. The van der Waals surface area contributed by atoms with Crippen LogP contribution in [0.1, 0.15) is 23.8 Å². The number of methoxy groups -OCH3 is 1. The minimum absolute atomic E-state index is 0.199. The lowest BCUT2D eigenvalue weighted by atomic mass is 10.0. The Morgan fingerprint density at radius 3 is 2.56 bits per heavy atom. The van der Waals surface area contributed by atoms with Crippen LogP contribution in [-0.4, -0.2) is 39.0 Å². The molecule has 1 rings (SSSR count). The molecular formula is C11H17Br2N3O2. The molecule has 1 N–H and O–H groups in total. The fourth-order valence-electron chi connectivity index (χ4n) is 1.44. The van der Waals surface area contributed by atoms with Gasteiger partial charge in [-0.25, -0.2) is 4.68 Å². The SMILES string of the molecule is CCC(CBr)(CBr)NC(=O)c1cc(OC)n(C)n1. The molecule has 18 heavy (non-hydrogen) atoms. The summed E-state index contributed by atoms with van der Waals surface area (Å²) in [4.78, 5) is 12.1. The lowest BCUT2D eigenvalue weighted by Gasteiger charge is -2.29. The first kappa shape index (κ1) is 15.5. The van der Waals surface area contributed by atoms with Gasteiger partial charge in [0.15, 0.2) is 5.69 Å². The van der Waals surface area contributed by atoms with Gasteiger partial charge in [0.1, 0.15) is 0 Å². The minimum Gasteiger partial charge on any atom is -0.481 e. The molecule has 0 bridgehead atoms. The summed E-state index contributed by atoms with van der Waals surface area (Å²) in [6.45, 7) is 2.03. The lowest BCUT2D eigenvalue weighted by Crippen LogP contribution is -2.51. The highest BCUT2D eigenvalue weighted by molar-refractivity contribution is 9.09. The van der Waals surface area contributed by atoms with Crippen LogP contribution in [0.25, 0.3) is 0 Å². The van der Waals surface area contributed by atoms with Crippen LogP contribution in [0.3, 0.4) is 0 Å². The molecule has 0 saturated heterocycles. The number of rotatable bonds is 6. The zero-order valence-corrected chi connectivity index (χ0v) is 13.8. The summed E-state index contributed by atoms with van der Waals surface area (Å²) >= 11 is 6.87. The largest absolute Gasteiger partial charge is 0.481 e. The van der Waals surface area contributed by atoms with E-state index in [0.717, 1.165) is 6.42 Å². The molecule has 0 fully saturated rings. The number of carbonyl (C=O) groups excluding carboxylic acids is 1. The third-order valence-corrected chi connectivity index (χ3v) is 4.99. The van der Waals surface area contributed by atoms with Gasteiger partial charge in [-0.1, -0.05) is 38.8 Å². The molecule has 0 aromatic carbocycles. The summed E-state index contributed by atoms with van der Waals surface area (Å²) in [5, 5.41) is 8.47. The first-order valence-electron chi connectivity index (χ1n) is 5.54. The molecule has 0 aliphatic carbocycles. The number of halogens is 2.